The van der Waals surface area contributed by atoms with Crippen LogP contribution >= 0.6 is 11.6 Å². The largest absolute Gasteiger partial charge is 0.380 e. The van der Waals surface area contributed by atoms with Crippen molar-refractivity contribution >= 4 is 17.4 Å². The maximum Gasteiger partial charge on any atom is 0.193 e. The Kier molecular flexibility index (Phi) is 2.24. The van der Waals surface area contributed by atoms with Crippen LogP contribution in [0.15, 0.2) is 21.6 Å². The summed E-state index contributed by atoms with van der Waals surface area (Å²) in [5, 5.41) is 3.63. The normalized spacial score (nSPS) is 10.5. The average molecular weight is 226 g/mol. The van der Waals surface area contributed by atoms with Crippen molar-refractivity contribution in [2.45, 2.75) is 6.92 Å². The highest BCUT2D eigenvalue weighted by atomic mass is 35.5. The molecular formula is C9H8ClN3O2. The van der Waals surface area contributed by atoms with Crippen LogP contribution in [0, 0.1) is 6.92 Å². The molecule has 78 valence electrons. The molecule has 0 aliphatic carbocycles. The molecule has 0 radical (unpaired) electrons. The SMILES string of the molecule is Cc1cc(=O)c(-c2onc(N)c2Cl)c[nH]1. The summed E-state index contributed by atoms with van der Waals surface area (Å²) in [7, 11) is 0. The summed E-state index contributed by atoms with van der Waals surface area (Å²) in [6.07, 6.45) is 1.52. The van der Waals surface area contributed by atoms with Gasteiger partial charge in [-0.1, -0.05) is 16.8 Å². The van der Waals surface area contributed by atoms with Gasteiger partial charge in [-0.25, -0.2) is 0 Å². The minimum Gasteiger partial charge on any atom is -0.380 e. The number of nitrogens with one attached hydrogen (secondary N) is 1. The van der Waals surface area contributed by atoms with E-state index < -0.39 is 0 Å². The third-order valence-electron chi connectivity index (χ3n) is 1.96. The van der Waals surface area contributed by atoms with Gasteiger partial charge in [-0.3, -0.25) is 4.79 Å². The summed E-state index contributed by atoms with van der Waals surface area (Å²) in [6.45, 7) is 1.78. The van der Waals surface area contributed by atoms with Gasteiger partial charge in [-0.05, 0) is 6.92 Å². The Morgan fingerprint density at radius 3 is 2.87 bits per heavy atom. The topological polar surface area (TPSA) is 84.9 Å². The van der Waals surface area contributed by atoms with E-state index in [0.29, 0.717) is 5.56 Å². The molecule has 3 N–H and O–H groups in total. The van der Waals surface area contributed by atoms with E-state index in [0.717, 1.165) is 5.69 Å². The monoisotopic (exact) mass is 225 g/mol. The molecule has 15 heavy (non-hydrogen) atoms. The first-order valence-electron chi connectivity index (χ1n) is 4.20. The highest BCUT2D eigenvalue weighted by Gasteiger charge is 2.16. The molecule has 0 fully saturated rings. The molecule has 0 aromatic carbocycles. The van der Waals surface area contributed by atoms with Gasteiger partial charge in [0.2, 0.25) is 0 Å². The van der Waals surface area contributed by atoms with Crippen molar-refractivity contribution in [1.82, 2.24) is 10.1 Å². The molecule has 0 aliphatic rings. The number of aromatic amines is 1. The van der Waals surface area contributed by atoms with E-state index in [4.69, 9.17) is 21.9 Å². The van der Waals surface area contributed by atoms with Crippen molar-refractivity contribution in [2.75, 3.05) is 5.73 Å². The molecule has 0 atom stereocenters. The number of nitrogen functional groups attached to an aromatic ring is 1. The Morgan fingerprint density at radius 2 is 2.33 bits per heavy atom. The quantitative estimate of drug-likeness (QED) is 0.772. The fourth-order valence-electron chi connectivity index (χ4n) is 1.21. The number of H-pyrrole nitrogens is 1. The van der Waals surface area contributed by atoms with Crippen molar-refractivity contribution in [2.24, 2.45) is 0 Å². The predicted molar refractivity (Wildman–Crippen MR) is 56.7 cm³/mol. The number of hydrogen-bond acceptors (Lipinski definition) is 4. The third kappa shape index (κ3) is 1.61. The van der Waals surface area contributed by atoms with Crippen molar-refractivity contribution in [3.63, 3.8) is 0 Å². The standard InChI is InChI=1S/C9H8ClN3O2/c1-4-2-6(14)5(3-12-4)8-7(10)9(11)13-15-8/h2-3H,1H3,(H2,11,13)(H,12,14). The zero-order valence-corrected chi connectivity index (χ0v) is 8.63. The summed E-state index contributed by atoms with van der Waals surface area (Å²) in [5.41, 5.74) is 6.29. The summed E-state index contributed by atoms with van der Waals surface area (Å²) >= 11 is 5.82. The molecule has 0 spiro atoms. The highest BCUT2D eigenvalue weighted by Crippen LogP contribution is 2.29. The molecular weight excluding hydrogens is 218 g/mol. The number of aromatic nitrogens is 2. The van der Waals surface area contributed by atoms with E-state index in [1.54, 1.807) is 6.92 Å². The lowest BCUT2D eigenvalue weighted by molar-refractivity contribution is 0.435. The molecule has 0 saturated heterocycles. The Morgan fingerprint density at radius 1 is 1.60 bits per heavy atom. The van der Waals surface area contributed by atoms with E-state index >= 15 is 0 Å². The highest BCUT2D eigenvalue weighted by molar-refractivity contribution is 6.35. The Labute approximate surface area is 89.8 Å². The van der Waals surface area contributed by atoms with Crippen LogP contribution in [0.2, 0.25) is 5.02 Å². The third-order valence-corrected chi connectivity index (χ3v) is 2.33. The second-order valence-electron chi connectivity index (χ2n) is 3.10. The summed E-state index contributed by atoms with van der Waals surface area (Å²) in [4.78, 5) is 14.5. The smallest absolute Gasteiger partial charge is 0.193 e. The van der Waals surface area contributed by atoms with Crippen LogP contribution in [0.25, 0.3) is 11.3 Å². The number of aryl methyl sites for hydroxylation is 1. The molecule has 6 heteroatoms. The number of halogens is 1. The van der Waals surface area contributed by atoms with Crippen LogP contribution in [0.5, 0.6) is 0 Å². The van der Waals surface area contributed by atoms with Crippen LogP contribution in [0.3, 0.4) is 0 Å². The Hall–Kier alpha value is -1.75. The maximum absolute atomic E-state index is 11.6. The summed E-state index contributed by atoms with van der Waals surface area (Å²) in [6, 6.07) is 1.45. The van der Waals surface area contributed by atoms with Gasteiger partial charge in [0.15, 0.2) is 17.0 Å². The average Bonchev–Trinajstić information content (AvgIpc) is 2.49. The summed E-state index contributed by atoms with van der Waals surface area (Å²) < 4.78 is 4.87. The van der Waals surface area contributed by atoms with Crippen molar-refractivity contribution < 1.29 is 4.52 Å². The number of pyridine rings is 1. The van der Waals surface area contributed by atoms with E-state index in [9.17, 15) is 4.79 Å². The Balaban J connectivity index is 2.65. The van der Waals surface area contributed by atoms with Gasteiger partial charge in [0.05, 0.1) is 5.56 Å². The van der Waals surface area contributed by atoms with Gasteiger partial charge in [0.1, 0.15) is 5.02 Å². The van der Waals surface area contributed by atoms with Crippen molar-refractivity contribution in [3.8, 4) is 11.3 Å². The van der Waals surface area contributed by atoms with E-state index in [1.807, 2.05) is 0 Å². The van der Waals surface area contributed by atoms with Gasteiger partial charge in [0, 0.05) is 18.0 Å². The minimum atomic E-state index is -0.190. The molecule has 5 nitrogen and oxygen atoms in total. The zero-order chi connectivity index (χ0) is 11.0. The lowest BCUT2D eigenvalue weighted by Gasteiger charge is -1.96. The fourth-order valence-corrected chi connectivity index (χ4v) is 1.38. The zero-order valence-electron chi connectivity index (χ0n) is 7.87. The second-order valence-corrected chi connectivity index (χ2v) is 3.48. The van der Waals surface area contributed by atoms with E-state index in [1.165, 1.54) is 12.3 Å². The second kappa shape index (κ2) is 3.43. The van der Waals surface area contributed by atoms with E-state index in [-0.39, 0.29) is 22.0 Å². The van der Waals surface area contributed by atoms with E-state index in [2.05, 4.69) is 10.1 Å². The molecule has 2 aromatic heterocycles. The number of hydrogen-bond donors (Lipinski definition) is 2. The first-order valence-corrected chi connectivity index (χ1v) is 4.57. The van der Waals surface area contributed by atoms with Gasteiger partial charge in [-0.2, -0.15) is 0 Å². The number of nitrogens with zero attached hydrogens (tertiary/aromatic N) is 1. The first kappa shape index (κ1) is 9.79. The van der Waals surface area contributed by atoms with Gasteiger partial charge in [-0.15, -0.1) is 0 Å². The van der Waals surface area contributed by atoms with Crippen LogP contribution in [0.1, 0.15) is 5.69 Å². The first-order chi connectivity index (χ1) is 7.09. The minimum absolute atomic E-state index is 0.0756. The number of anilines is 1. The van der Waals surface area contributed by atoms with Crippen molar-refractivity contribution in [3.05, 3.63) is 33.2 Å². The maximum atomic E-state index is 11.6. The molecule has 0 bridgehead atoms. The molecule has 2 aromatic rings. The fraction of sp³-hybridized carbons (Fsp3) is 0.111. The number of nitrogens with two attached hydrogens (primary N) is 1. The van der Waals surface area contributed by atoms with Gasteiger partial charge in [0.25, 0.3) is 0 Å². The lowest BCUT2D eigenvalue weighted by Crippen LogP contribution is -2.04. The van der Waals surface area contributed by atoms with Gasteiger partial charge >= 0.3 is 0 Å². The van der Waals surface area contributed by atoms with Crippen LogP contribution in [0.4, 0.5) is 5.82 Å². The van der Waals surface area contributed by atoms with Crippen LogP contribution in [-0.2, 0) is 0 Å². The molecule has 0 amide bonds. The lowest BCUT2D eigenvalue weighted by atomic mass is 10.2. The molecule has 2 heterocycles. The van der Waals surface area contributed by atoms with Gasteiger partial charge < -0.3 is 15.2 Å². The molecule has 2 rings (SSSR count). The van der Waals surface area contributed by atoms with Crippen molar-refractivity contribution in [1.29, 1.82) is 0 Å². The summed E-state index contributed by atoms with van der Waals surface area (Å²) in [5.74, 6) is 0.266. The molecule has 0 saturated carbocycles. The molecule has 0 unspecified atom stereocenters. The molecule has 0 aliphatic heterocycles. The van der Waals surface area contributed by atoms with Crippen LogP contribution in [-0.4, -0.2) is 10.1 Å². The number of rotatable bonds is 1. The predicted octanol–water partition coefficient (Wildman–Crippen LogP) is 1.57. The van der Waals surface area contributed by atoms with Crippen LogP contribution < -0.4 is 11.2 Å². The Bertz CT molecular complexity index is 559.